The molecule has 0 saturated carbocycles. The number of hydrogen-bond acceptors (Lipinski definition) is 2. The van der Waals surface area contributed by atoms with Crippen molar-refractivity contribution in [2.75, 3.05) is 37.6 Å². The minimum Gasteiger partial charge on any atom is -0.322 e. The number of hydrogen-bond donors (Lipinski definition) is 2. The van der Waals surface area contributed by atoms with E-state index in [9.17, 15) is 9.59 Å². The van der Waals surface area contributed by atoms with Crippen molar-refractivity contribution in [3.8, 4) is 0 Å². The highest BCUT2D eigenvalue weighted by atomic mass is 127. The van der Waals surface area contributed by atoms with Crippen LogP contribution in [-0.4, -0.2) is 50.6 Å². The largest absolute Gasteiger partial charge is 0.322 e. The fourth-order valence-electron chi connectivity index (χ4n) is 4.22. The molecule has 2 aliphatic heterocycles. The van der Waals surface area contributed by atoms with E-state index in [2.05, 4.69) is 46.9 Å². The number of amides is 2. The summed E-state index contributed by atoms with van der Waals surface area (Å²) < 4.78 is 1.09. The number of benzene rings is 2. The molecule has 2 saturated heterocycles. The van der Waals surface area contributed by atoms with E-state index in [4.69, 9.17) is 0 Å². The summed E-state index contributed by atoms with van der Waals surface area (Å²) in [6, 6.07) is 17.7. The Labute approximate surface area is 185 Å². The molecule has 0 aliphatic carbocycles. The molecule has 29 heavy (non-hydrogen) atoms. The highest BCUT2D eigenvalue weighted by Crippen LogP contribution is 2.22. The summed E-state index contributed by atoms with van der Waals surface area (Å²) in [5, 5.41) is 0. The average Bonchev–Trinajstić information content (AvgIpc) is 3.04. The quantitative estimate of drug-likeness (QED) is 0.459. The van der Waals surface area contributed by atoms with Gasteiger partial charge in [-0.2, -0.15) is 0 Å². The van der Waals surface area contributed by atoms with Crippen LogP contribution in [0.4, 0.5) is 5.69 Å². The third kappa shape index (κ3) is 4.76. The van der Waals surface area contributed by atoms with Gasteiger partial charge in [-0.3, -0.25) is 9.59 Å². The van der Waals surface area contributed by atoms with E-state index < -0.39 is 0 Å². The zero-order valence-corrected chi connectivity index (χ0v) is 18.5. The van der Waals surface area contributed by atoms with Crippen molar-refractivity contribution >= 4 is 46.2 Å². The monoisotopic (exact) mass is 503 g/mol. The van der Waals surface area contributed by atoms with Gasteiger partial charge >= 0.3 is 0 Å². The Morgan fingerprint density at radius 3 is 2.34 bits per heavy atom. The maximum absolute atomic E-state index is 13.0. The molecule has 2 aromatic carbocycles. The average molecular weight is 503 g/mol. The topological polar surface area (TPSA) is 46.3 Å². The number of imide groups is 1. The van der Waals surface area contributed by atoms with Crippen molar-refractivity contribution < 1.29 is 19.4 Å². The molecule has 2 heterocycles. The standard InChI is InChI=1S/C23H24IN3O2/c24-19-8-10-20(11-9-19)27-22(28)17-21(23(27)29)26-15-13-25(14-16-26)12-4-7-18-5-2-1-3-6-18/h1-11,21H,12-17H2/p+2/b7-4+/t21-/m0/s1. The van der Waals surface area contributed by atoms with Crippen molar-refractivity contribution in [3.63, 3.8) is 0 Å². The molecule has 0 spiro atoms. The van der Waals surface area contributed by atoms with Gasteiger partial charge in [0.1, 0.15) is 26.2 Å². The number of quaternary nitrogens is 2. The molecule has 6 heteroatoms. The summed E-state index contributed by atoms with van der Waals surface area (Å²) in [4.78, 5) is 29.7. The van der Waals surface area contributed by atoms with Crippen LogP contribution in [0.25, 0.3) is 6.08 Å². The predicted octanol–water partition coefficient (Wildman–Crippen LogP) is 0.420. The van der Waals surface area contributed by atoms with E-state index >= 15 is 0 Å². The van der Waals surface area contributed by atoms with Crippen molar-refractivity contribution in [2.45, 2.75) is 12.5 Å². The molecule has 0 aromatic heterocycles. The van der Waals surface area contributed by atoms with Gasteiger partial charge in [-0.25, -0.2) is 4.90 Å². The first kappa shape index (κ1) is 20.3. The first-order chi connectivity index (χ1) is 14.1. The molecule has 5 nitrogen and oxygen atoms in total. The number of nitrogens with one attached hydrogen (secondary N) is 2. The van der Waals surface area contributed by atoms with Gasteiger partial charge in [-0.15, -0.1) is 0 Å². The van der Waals surface area contributed by atoms with Crippen LogP contribution in [0.5, 0.6) is 0 Å². The second-order valence-corrected chi connectivity index (χ2v) is 8.97. The fourth-order valence-corrected chi connectivity index (χ4v) is 4.57. The lowest BCUT2D eigenvalue weighted by molar-refractivity contribution is -1.02. The predicted molar refractivity (Wildman–Crippen MR) is 122 cm³/mol. The summed E-state index contributed by atoms with van der Waals surface area (Å²) in [6.45, 7) is 4.90. The normalized spacial score (nSPS) is 25.1. The van der Waals surface area contributed by atoms with Crippen molar-refractivity contribution in [1.82, 2.24) is 0 Å². The van der Waals surface area contributed by atoms with E-state index in [1.807, 2.05) is 42.5 Å². The SMILES string of the molecule is O=C1C[C@H]([NH+]2CC[NH+](C/C=C/c3ccccc3)CC2)C(=O)N1c1ccc(I)cc1. The van der Waals surface area contributed by atoms with Crippen molar-refractivity contribution in [3.05, 3.63) is 69.8 Å². The molecule has 2 N–H and O–H groups in total. The maximum Gasteiger partial charge on any atom is 0.292 e. The second kappa shape index (κ2) is 9.19. The number of piperazine rings is 1. The van der Waals surface area contributed by atoms with Crippen LogP contribution in [0, 0.1) is 3.57 Å². The van der Waals surface area contributed by atoms with Gasteiger partial charge in [0.15, 0.2) is 6.04 Å². The number of anilines is 1. The van der Waals surface area contributed by atoms with Crippen molar-refractivity contribution in [2.24, 2.45) is 0 Å². The highest BCUT2D eigenvalue weighted by Gasteiger charge is 2.46. The minimum absolute atomic E-state index is 0.0429. The number of nitrogens with zero attached hydrogens (tertiary/aromatic N) is 1. The molecule has 4 rings (SSSR count). The lowest BCUT2D eigenvalue weighted by atomic mass is 10.1. The van der Waals surface area contributed by atoms with Gasteiger partial charge in [-0.05, 0) is 58.5 Å². The Balaban J connectivity index is 1.31. The van der Waals surface area contributed by atoms with Gasteiger partial charge in [0, 0.05) is 3.57 Å². The van der Waals surface area contributed by atoms with Crippen molar-refractivity contribution in [1.29, 1.82) is 0 Å². The van der Waals surface area contributed by atoms with Crippen LogP contribution >= 0.6 is 22.6 Å². The van der Waals surface area contributed by atoms with Crippen LogP contribution in [0.2, 0.25) is 0 Å². The first-order valence-corrected chi connectivity index (χ1v) is 11.2. The second-order valence-electron chi connectivity index (χ2n) is 7.73. The van der Waals surface area contributed by atoms with Crippen LogP contribution < -0.4 is 14.7 Å². The van der Waals surface area contributed by atoms with Gasteiger partial charge in [0.05, 0.1) is 18.7 Å². The van der Waals surface area contributed by atoms with Gasteiger partial charge in [0.2, 0.25) is 5.91 Å². The molecular weight excluding hydrogens is 477 g/mol. The molecule has 1 atom stereocenters. The fraction of sp³-hybridized carbons (Fsp3) is 0.304. The van der Waals surface area contributed by atoms with Gasteiger partial charge < -0.3 is 9.80 Å². The molecular formula is C23H26IN3O2+2. The molecule has 2 aliphatic rings. The van der Waals surface area contributed by atoms with Gasteiger partial charge in [-0.1, -0.05) is 36.4 Å². The summed E-state index contributed by atoms with van der Waals surface area (Å²) in [5.41, 5.74) is 1.92. The number of rotatable bonds is 5. The van der Waals surface area contributed by atoms with Gasteiger partial charge in [0.25, 0.3) is 5.91 Å². The third-order valence-electron chi connectivity index (χ3n) is 5.84. The Morgan fingerprint density at radius 2 is 1.66 bits per heavy atom. The number of carbonyl (C=O) groups excluding carboxylic acids is 2. The highest BCUT2D eigenvalue weighted by molar-refractivity contribution is 14.1. The molecule has 0 unspecified atom stereocenters. The first-order valence-electron chi connectivity index (χ1n) is 10.1. The molecule has 2 aromatic rings. The summed E-state index contributed by atoms with van der Waals surface area (Å²) in [5.74, 6) is -0.118. The smallest absolute Gasteiger partial charge is 0.292 e. The number of halogens is 1. The molecule has 2 fully saturated rings. The van der Waals surface area contributed by atoms with E-state index in [0.717, 1.165) is 36.3 Å². The van der Waals surface area contributed by atoms with Crippen LogP contribution in [0.1, 0.15) is 12.0 Å². The van der Waals surface area contributed by atoms with Crippen LogP contribution in [-0.2, 0) is 9.59 Å². The van der Waals surface area contributed by atoms with E-state index in [1.54, 1.807) is 0 Å². The lowest BCUT2D eigenvalue weighted by Crippen LogP contribution is -3.30. The minimum atomic E-state index is -0.233. The van der Waals surface area contributed by atoms with Crippen LogP contribution in [0.3, 0.4) is 0 Å². The van der Waals surface area contributed by atoms with E-state index in [-0.39, 0.29) is 17.9 Å². The summed E-state index contributed by atoms with van der Waals surface area (Å²) >= 11 is 2.22. The Bertz CT molecular complexity index is 890. The maximum atomic E-state index is 13.0. The molecule has 0 bridgehead atoms. The third-order valence-corrected chi connectivity index (χ3v) is 6.56. The molecule has 0 radical (unpaired) electrons. The Hall–Kier alpha value is -2.03. The zero-order valence-electron chi connectivity index (χ0n) is 16.3. The van der Waals surface area contributed by atoms with E-state index in [0.29, 0.717) is 12.1 Å². The molecule has 2 amide bonds. The lowest BCUT2D eigenvalue weighted by Gasteiger charge is -2.31. The summed E-state index contributed by atoms with van der Waals surface area (Å²) in [6.07, 6.45) is 4.73. The Morgan fingerprint density at radius 1 is 0.966 bits per heavy atom. The van der Waals surface area contributed by atoms with Crippen LogP contribution in [0.15, 0.2) is 60.7 Å². The van der Waals surface area contributed by atoms with E-state index in [1.165, 1.54) is 20.3 Å². The Kier molecular flexibility index (Phi) is 6.42. The molecule has 150 valence electrons. The summed E-state index contributed by atoms with van der Waals surface area (Å²) in [7, 11) is 0. The number of carbonyl (C=O) groups is 2. The zero-order chi connectivity index (χ0) is 20.2.